The smallest absolute Gasteiger partial charge is 0.336 e. The second kappa shape index (κ2) is 3.50. The van der Waals surface area contributed by atoms with Gasteiger partial charge in [0.2, 0.25) is 0 Å². The second-order valence-electron chi connectivity index (χ2n) is 2.10. The van der Waals surface area contributed by atoms with E-state index in [0.29, 0.717) is 0 Å². The van der Waals surface area contributed by atoms with Crippen molar-refractivity contribution in [1.82, 2.24) is 5.48 Å². The molecular weight excluding hydrogens is 138 g/mol. The van der Waals surface area contributed by atoms with Crippen LogP contribution in [0.2, 0.25) is 0 Å². The first kappa shape index (κ1) is 9.35. The third-order valence-corrected chi connectivity index (χ3v) is 1.02. The minimum absolute atomic E-state index is 0.140. The zero-order valence-electron chi connectivity index (χ0n) is 5.92. The number of carboxylic acid groups (broad SMARTS) is 1. The molecule has 60 valence electrons. The van der Waals surface area contributed by atoms with Gasteiger partial charge in [0, 0.05) is 0 Å². The van der Waals surface area contributed by atoms with Gasteiger partial charge in [-0.1, -0.05) is 0 Å². The highest BCUT2D eigenvalue weighted by molar-refractivity contribution is 5.76. The van der Waals surface area contributed by atoms with Crippen LogP contribution in [0.4, 0.5) is 0 Å². The highest BCUT2D eigenvalue weighted by Crippen LogP contribution is 1.99. The zero-order chi connectivity index (χ0) is 8.20. The topological polar surface area (TPSA) is 78.8 Å². The molecule has 0 radical (unpaired) electrons. The van der Waals surface area contributed by atoms with Crippen LogP contribution in [-0.2, 0) is 9.63 Å². The molecule has 0 aliphatic carbocycles. The van der Waals surface area contributed by atoms with Gasteiger partial charge in [0.05, 0.1) is 13.7 Å². The first-order valence-corrected chi connectivity index (χ1v) is 2.72. The Balaban J connectivity index is 3.75. The number of rotatable bonds is 4. The lowest BCUT2D eigenvalue weighted by molar-refractivity contribution is -0.158. The summed E-state index contributed by atoms with van der Waals surface area (Å²) in [4.78, 5) is 14.5. The maximum absolute atomic E-state index is 10.2. The van der Waals surface area contributed by atoms with Crippen molar-refractivity contribution in [3.8, 4) is 0 Å². The Hall–Kier alpha value is -0.650. The van der Waals surface area contributed by atoms with Gasteiger partial charge in [0.15, 0.2) is 5.60 Å². The fourth-order valence-corrected chi connectivity index (χ4v) is 0.288. The molecule has 0 aliphatic heterocycles. The maximum Gasteiger partial charge on any atom is 0.336 e. The number of carboxylic acids is 1. The monoisotopic (exact) mass is 149 g/mol. The molecule has 0 saturated carbocycles. The summed E-state index contributed by atoms with van der Waals surface area (Å²) in [7, 11) is 1.35. The fraction of sp³-hybridized carbons (Fsp3) is 0.800. The highest BCUT2D eigenvalue weighted by atomic mass is 16.6. The summed E-state index contributed by atoms with van der Waals surface area (Å²) >= 11 is 0. The fourth-order valence-electron chi connectivity index (χ4n) is 0.288. The van der Waals surface area contributed by atoms with Crippen LogP contribution in [0, 0.1) is 0 Å². The second-order valence-corrected chi connectivity index (χ2v) is 2.10. The number of hydroxylamine groups is 1. The Morgan fingerprint density at radius 3 is 2.60 bits per heavy atom. The van der Waals surface area contributed by atoms with Crippen LogP contribution >= 0.6 is 0 Å². The third-order valence-electron chi connectivity index (χ3n) is 1.02. The van der Waals surface area contributed by atoms with Gasteiger partial charge in [-0.05, 0) is 6.92 Å². The van der Waals surface area contributed by atoms with E-state index in [1.165, 1.54) is 14.0 Å². The van der Waals surface area contributed by atoms with Gasteiger partial charge in [-0.25, -0.2) is 4.79 Å². The van der Waals surface area contributed by atoms with Crippen LogP contribution in [0.3, 0.4) is 0 Å². The number of aliphatic hydroxyl groups is 1. The lowest BCUT2D eigenvalue weighted by atomic mass is 10.1. The van der Waals surface area contributed by atoms with Crippen LogP contribution in [0.1, 0.15) is 6.92 Å². The summed E-state index contributed by atoms with van der Waals surface area (Å²) in [5.41, 5.74) is 0.471. The number of aliphatic carboxylic acids is 1. The maximum atomic E-state index is 10.2. The lowest BCUT2D eigenvalue weighted by Gasteiger charge is -2.16. The van der Waals surface area contributed by atoms with E-state index in [0.717, 1.165) is 0 Å². The molecule has 0 aromatic heterocycles. The van der Waals surface area contributed by atoms with Gasteiger partial charge < -0.3 is 15.1 Å². The summed E-state index contributed by atoms with van der Waals surface area (Å²) in [6.07, 6.45) is 0. The molecule has 10 heavy (non-hydrogen) atoms. The van der Waals surface area contributed by atoms with Crippen LogP contribution in [-0.4, -0.2) is 35.4 Å². The molecule has 1 unspecified atom stereocenters. The van der Waals surface area contributed by atoms with Gasteiger partial charge in [0.1, 0.15) is 0 Å². The Kier molecular flexibility index (Phi) is 3.27. The summed E-state index contributed by atoms with van der Waals surface area (Å²) in [5, 5.41) is 17.3. The SMILES string of the molecule is CONCC(C)(O)C(=O)O. The Morgan fingerprint density at radius 1 is 1.80 bits per heavy atom. The van der Waals surface area contributed by atoms with Crippen molar-refractivity contribution in [2.24, 2.45) is 0 Å². The van der Waals surface area contributed by atoms with Crippen molar-refractivity contribution in [3.05, 3.63) is 0 Å². The highest BCUT2D eigenvalue weighted by Gasteiger charge is 2.29. The Bertz CT molecular complexity index is 123. The predicted octanol–water partition coefficient (Wildman–Crippen LogP) is -1.03. The van der Waals surface area contributed by atoms with E-state index in [9.17, 15) is 4.79 Å². The third kappa shape index (κ3) is 2.77. The summed E-state index contributed by atoms with van der Waals surface area (Å²) in [5.74, 6) is -1.28. The average molecular weight is 149 g/mol. The van der Waals surface area contributed by atoms with Crippen molar-refractivity contribution >= 4 is 5.97 Å². The molecule has 0 aromatic rings. The van der Waals surface area contributed by atoms with Gasteiger partial charge in [-0.3, -0.25) is 0 Å². The Morgan fingerprint density at radius 2 is 2.30 bits per heavy atom. The molecule has 1 atom stereocenters. The van der Waals surface area contributed by atoms with Gasteiger partial charge >= 0.3 is 5.97 Å². The van der Waals surface area contributed by atoms with E-state index < -0.39 is 11.6 Å². The zero-order valence-corrected chi connectivity index (χ0v) is 5.92. The minimum Gasteiger partial charge on any atom is -0.479 e. The van der Waals surface area contributed by atoms with E-state index in [1.807, 2.05) is 0 Å². The lowest BCUT2D eigenvalue weighted by Crippen LogP contribution is -2.44. The molecule has 0 spiro atoms. The molecule has 0 heterocycles. The molecule has 0 saturated heterocycles. The summed E-state index contributed by atoms with van der Waals surface area (Å²) in [6, 6.07) is 0. The predicted molar refractivity (Wildman–Crippen MR) is 33.3 cm³/mol. The molecule has 0 aromatic carbocycles. The molecule has 0 bridgehead atoms. The van der Waals surface area contributed by atoms with Crippen molar-refractivity contribution in [2.75, 3.05) is 13.7 Å². The number of hydrogen-bond acceptors (Lipinski definition) is 4. The molecule has 3 N–H and O–H groups in total. The molecular formula is C5H11NO4. The minimum atomic E-state index is -1.77. The number of carbonyl (C=O) groups is 1. The summed E-state index contributed by atoms with van der Waals surface area (Å²) < 4.78 is 0. The van der Waals surface area contributed by atoms with E-state index in [1.54, 1.807) is 0 Å². The van der Waals surface area contributed by atoms with Crippen LogP contribution in [0.15, 0.2) is 0 Å². The number of hydrogen-bond donors (Lipinski definition) is 3. The molecule has 0 rings (SSSR count). The molecule has 5 nitrogen and oxygen atoms in total. The van der Waals surface area contributed by atoms with Crippen molar-refractivity contribution in [2.45, 2.75) is 12.5 Å². The normalized spacial score (nSPS) is 16.3. The van der Waals surface area contributed by atoms with E-state index in [4.69, 9.17) is 10.2 Å². The van der Waals surface area contributed by atoms with Gasteiger partial charge in [-0.2, -0.15) is 5.48 Å². The van der Waals surface area contributed by atoms with Crippen molar-refractivity contribution in [3.63, 3.8) is 0 Å². The van der Waals surface area contributed by atoms with E-state index in [2.05, 4.69) is 10.3 Å². The molecule has 0 fully saturated rings. The number of nitrogens with one attached hydrogen (secondary N) is 1. The molecule has 5 heteroatoms. The first-order chi connectivity index (χ1) is 4.50. The first-order valence-electron chi connectivity index (χ1n) is 2.72. The van der Waals surface area contributed by atoms with Crippen LogP contribution in [0.5, 0.6) is 0 Å². The van der Waals surface area contributed by atoms with E-state index >= 15 is 0 Å². The van der Waals surface area contributed by atoms with Crippen molar-refractivity contribution in [1.29, 1.82) is 0 Å². The summed E-state index contributed by atoms with van der Waals surface area (Å²) in [6.45, 7) is 1.04. The van der Waals surface area contributed by atoms with Gasteiger partial charge in [-0.15, -0.1) is 0 Å². The molecule has 0 amide bonds. The average Bonchev–Trinajstić information content (AvgIpc) is 1.84. The van der Waals surface area contributed by atoms with Crippen LogP contribution in [0.25, 0.3) is 0 Å². The van der Waals surface area contributed by atoms with Crippen molar-refractivity contribution < 1.29 is 19.8 Å². The molecule has 0 aliphatic rings. The Labute approximate surface area is 58.6 Å². The van der Waals surface area contributed by atoms with E-state index in [-0.39, 0.29) is 6.54 Å². The largest absolute Gasteiger partial charge is 0.479 e. The standard InChI is InChI=1S/C5H11NO4/c1-5(9,4(7)8)3-6-10-2/h6,9H,3H2,1-2H3,(H,7,8). The quantitative estimate of drug-likeness (QED) is 0.445. The van der Waals surface area contributed by atoms with Crippen LogP contribution < -0.4 is 5.48 Å². The van der Waals surface area contributed by atoms with Gasteiger partial charge in [0.25, 0.3) is 0 Å².